The first-order chi connectivity index (χ1) is 18.3. The van der Waals surface area contributed by atoms with Crippen LogP contribution in [0.1, 0.15) is 77.6 Å². The number of nitrogens with zero attached hydrogens (tertiary/aromatic N) is 1. The highest BCUT2D eigenvalue weighted by molar-refractivity contribution is 5.93. The number of piperidine rings is 1. The predicted octanol–water partition coefficient (Wildman–Crippen LogP) is 2.48. The summed E-state index contributed by atoms with van der Waals surface area (Å²) in [5.41, 5.74) is -1.01. The summed E-state index contributed by atoms with van der Waals surface area (Å²) in [6.07, 6.45) is 11.7. The second-order valence-electron chi connectivity index (χ2n) is 12.2. The van der Waals surface area contributed by atoms with Crippen molar-refractivity contribution in [2.45, 2.75) is 119 Å². The van der Waals surface area contributed by atoms with Crippen LogP contribution in [0.2, 0.25) is 0 Å². The zero-order valence-electron chi connectivity index (χ0n) is 22.6. The lowest BCUT2D eigenvalue weighted by atomic mass is 9.70. The number of nitrogens with one attached hydrogen (secondary N) is 3. The molecule has 10 nitrogen and oxygen atoms in total. The topological polar surface area (TPSA) is 132 Å². The fourth-order valence-electron chi connectivity index (χ4n) is 7.60. The van der Waals surface area contributed by atoms with Gasteiger partial charge in [0, 0.05) is 48.2 Å². The van der Waals surface area contributed by atoms with Gasteiger partial charge in [0.25, 0.3) is 0 Å². The van der Waals surface area contributed by atoms with E-state index in [1.54, 1.807) is 13.0 Å². The normalized spacial score (nSPS) is 41.1. The molecule has 3 saturated carbocycles. The number of hydrogen-bond donors (Lipinski definition) is 3. The van der Waals surface area contributed by atoms with Crippen molar-refractivity contribution in [1.82, 2.24) is 16.0 Å². The number of fused-ring (bicyclic) bond motifs is 1. The molecule has 212 valence electrons. The smallest absolute Gasteiger partial charge is 0.332 e. The molecule has 5 fully saturated rings. The molecule has 0 aromatic carbocycles. The van der Waals surface area contributed by atoms with Gasteiger partial charge in [0.05, 0.1) is 24.9 Å². The van der Waals surface area contributed by atoms with Crippen molar-refractivity contribution in [1.29, 1.82) is 0 Å². The minimum atomic E-state index is -1.01. The Balaban J connectivity index is 1.22. The number of carbonyl (C=O) groups is 2. The molecule has 3 aliphatic carbocycles. The van der Waals surface area contributed by atoms with Gasteiger partial charge in [-0.05, 0) is 51.4 Å². The van der Waals surface area contributed by atoms with Crippen LogP contribution in [0.3, 0.4) is 0 Å². The number of hydrogen-bond acceptors (Lipinski definition) is 8. The van der Waals surface area contributed by atoms with Gasteiger partial charge in [0.2, 0.25) is 11.9 Å². The van der Waals surface area contributed by atoms with Crippen LogP contribution in [0, 0.1) is 27.9 Å². The highest BCUT2D eigenvalue weighted by atomic mass is 16.6. The Bertz CT molecular complexity index is 910. The number of nitro groups is 1. The molecule has 2 aliphatic heterocycles. The first-order valence-electron chi connectivity index (χ1n) is 14.7. The minimum absolute atomic E-state index is 0.0519. The second kappa shape index (κ2) is 11.6. The molecule has 0 aromatic heterocycles. The fourth-order valence-corrected chi connectivity index (χ4v) is 7.60. The Kier molecular flexibility index (Phi) is 8.40. The van der Waals surface area contributed by atoms with Gasteiger partial charge in [0.1, 0.15) is 5.54 Å². The molecule has 2 saturated heterocycles. The van der Waals surface area contributed by atoms with E-state index in [1.165, 1.54) is 32.1 Å². The molecule has 10 heteroatoms. The molecule has 9 atom stereocenters. The summed E-state index contributed by atoms with van der Waals surface area (Å²) in [7, 11) is 0. The van der Waals surface area contributed by atoms with Crippen LogP contribution in [0.5, 0.6) is 0 Å². The van der Waals surface area contributed by atoms with Gasteiger partial charge in [-0.1, -0.05) is 25.3 Å². The summed E-state index contributed by atoms with van der Waals surface area (Å²) in [5.74, 6) is 0.000627. The summed E-state index contributed by atoms with van der Waals surface area (Å²) < 4.78 is 11.9. The lowest BCUT2D eigenvalue weighted by Crippen LogP contribution is -2.60. The van der Waals surface area contributed by atoms with Crippen LogP contribution in [-0.4, -0.2) is 71.9 Å². The third-order valence-corrected chi connectivity index (χ3v) is 9.84. The highest BCUT2D eigenvalue weighted by Gasteiger charge is 2.61. The number of rotatable bonds is 9. The van der Waals surface area contributed by atoms with E-state index in [2.05, 4.69) is 22.5 Å². The van der Waals surface area contributed by atoms with E-state index in [0.717, 1.165) is 12.8 Å². The average molecular weight is 533 g/mol. The maximum Gasteiger partial charge on any atom is 0.332 e. The molecule has 1 amide bonds. The van der Waals surface area contributed by atoms with E-state index >= 15 is 0 Å². The number of ether oxygens (including phenoxy) is 2. The molecule has 2 heterocycles. The molecule has 0 bridgehead atoms. The van der Waals surface area contributed by atoms with E-state index in [9.17, 15) is 19.7 Å². The summed E-state index contributed by atoms with van der Waals surface area (Å²) in [5, 5.41) is 21.7. The van der Waals surface area contributed by atoms with Crippen LogP contribution in [0.4, 0.5) is 0 Å². The third-order valence-electron chi connectivity index (χ3n) is 9.84. The highest BCUT2D eigenvalue weighted by Crippen LogP contribution is 2.46. The van der Waals surface area contributed by atoms with E-state index < -0.39 is 23.6 Å². The van der Waals surface area contributed by atoms with Crippen molar-refractivity contribution >= 4 is 11.9 Å². The molecule has 38 heavy (non-hydrogen) atoms. The number of carbonyl (C=O) groups excluding carboxylic acids is 2. The standard InChI is InChI=1S/C28H44N4O6/c1-3-18-15-28(18,27(34)37-4-2)31-26(33)24-13-20(16-29-24)38-25-14-23(17-8-6-5-7-9-17)30-22-11-10-19(32(35)36)12-21(22)25/h3,17-25,29-30H,1,4-16H2,2H3,(H,31,33)/t18-,19?,20?,21?,22?,23?,24-,25?,28+/m0/s1. The van der Waals surface area contributed by atoms with E-state index in [4.69, 9.17) is 9.47 Å². The Morgan fingerprint density at radius 1 is 1.13 bits per heavy atom. The molecule has 6 unspecified atom stereocenters. The third kappa shape index (κ3) is 5.63. The molecule has 5 rings (SSSR count). The van der Waals surface area contributed by atoms with Gasteiger partial charge >= 0.3 is 5.97 Å². The summed E-state index contributed by atoms with van der Waals surface area (Å²) >= 11 is 0. The van der Waals surface area contributed by atoms with Crippen molar-refractivity contribution in [3.63, 3.8) is 0 Å². The van der Waals surface area contributed by atoms with Crippen LogP contribution < -0.4 is 16.0 Å². The van der Waals surface area contributed by atoms with Crippen molar-refractivity contribution in [2.24, 2.45) is 17.8 Å². The maximum atomic E-state index is 13.2. The van der Waals surface area contributed by atoms with Crippen molar-refractivity contribution < 1.29 is 24.0 Å². The first-order valence-corrected chi connectivity index (χ1v) is 14.7. The summed E-state index contributed by atoms with van der Waals surface area (Å²) in [4.78, 5) is 37.2. The fraction of sp³-hybridized carbons (Fsp3) is 0.857. The Labute approximate surface area is 225 Å². The molecule has 0 radical (unpaired) electrons. The molecule has 5 aliphatic rings. The van der Waals surface area contributed by atoms with Gasteiger partial charge in [-0.15, -0.1) is 6.58 Å². The largest absolute Gasteiger partial charge is 0.464 e. The van der Waals surface area contributed by atoms with Gasteiger partial charge in [-0.25, -0.2) is 4.79 Å². The zero-order chi connectivity index (χ0) is 26.9. The van der Waals surface area contributed by atoms with Crippen LogP contribution in [0.25, 0.3) is 0 Å². The Hall–Kier alpha value is -2.04. The average Bonchev–Trinajstić information content (AvgIpc) is 3.44. The van der Waals surface area contributed by atoms with Gasteiger partial charge in [-0.2, -0.15) is 0 Å². The summed E-state index contributed by atoms with van der Waals surface area (Å²) in [6.45, 7) is 6.35. The van der Waals surface area contributed by atoms with Gasteiger partial charge in [0.15, 0.2) is 0 Å². The number of esters is 1. The second-order valence-corrected chi connectivity index (χ2v) is 12.2. The Morgan fingerprint density at radius 3 is 2.61 bits per heavy atom. The van der Waals surface area contributed by atoms with E-state index in [0.29, 0.717) is 44.2 Å². The van der Waals surface area contributed by atoms with Crippen LogP contribution >= 0.6 is 0 Å². The quantitative estimate of drug-likeness (QED) is 0.179. The Morgan fingerprint density at radius 2 is 1.92 bits per heavy atom. The van der Waals surface area contributed by atoms with Crippen LogP contribution in [-0.2, 0) is 19.1 Å². The van der Waals surface area contributed by atoms with Crippen LogP contribution in [0.15, 0.2) is 12.7 Å². The zero-order valence-corrected chi connectivity index (χ0v) is 22.6. The molecule has 0 spiro atoms. The lowest BCUT2D eigenvalue weighted by molar-refractivity contribution is -0.529. The first kappa shape index (κ1) is 27.5. The molecular formula is C28H44N4O6. The van der Waals surface area contributed by atoms with Crippen molar-refractivity contribution in [3.05, 3.63) is 22.8 Å². The van der Waals surface area contributed by atoms with Gasteiger partial charge in [-0.3, -0.25) is 14.9 Å². The number of amides is 1. The molecule has 0 aromatic rings. The minimum Gasteiger partial charge on any atom is -0.464 e. The van der Waals surface area contributed by atoms with Gasteiger partial charge < -0.3 is 25.4 Å². The van der Waals surface area contributed by atoms with E-state index in [-0.39, 0.29) is 47.5 Å². The molecule has 3 N–H and O–H groups in total. The summed E-state index contributed by atoms with van der Waals surface area (Å²) in [6, 6.07) is -0.328. The lowest BCUT2D eigenvalue weighted by Gasteiger charge is -2.48. The molecular weight excluding hydrogens is 488 g/mol. The van der Waals surface area contributed by atoms with Crippen molar-refractivity contribution in [3.8, 4) is 0 Å². The SMILES string of the molecule is C=C[C@H]1C[C@]1(NC(=O)[C@@H]1CC(OC2CC(C3CCCCC3)NC3CCC([N+](=O)[O-])CC32)CN1)C(=O)OCC. The predicted molar refractivity (Wildman–Crippen MR) is 141 cm³/mol. The van der Waals surface area contributed by atoms with Crippen molar-refractivity contribution in [2.75, 3.05) is 13.2 Å². The van der Waals surface area contributed by atoms with E-state index in [1.807, 2.05) is 0 Å². The monoisotopic (exact) mass is 532 g/mol. The maximum absolute atomic E-state index is 13.2.